The van der Waals surface area contributed by atoms with Crippen molar-refractivity contribution in [1.82, 2.24) is 0 Å². The van der Waals surface area contributed by atoms with Crippen LogP contribution in [-0.4, -0.2) is 29.7 Å². The van der Waals surface area contributed by atoms with Gasteiger partial charge in [-0.3, -0.25) is 4.79 Å². The number of carboxylic acid groups (broad SMARTS) is 1. The fourth-order valence-corrected chi connectivity index (χ4v) is 2.93. The van der Waals surface area contributed by atoms with Crippen molar-refractivity contribution in [2.45, 2.75) is 40.8 Å². The average molecular weight is 355 g/mol. The first kappa shape index (κ1) is 19.7. The number of rotatable bonds is 7. The van der Waals surface area contributed by atoms with E-state index in [2.05, 4.69) is 11.4 Å². The molecule has 138 valence electrons. The summed E-state index contributed by atoms with van der Waals surface area (Å²) in [5, 5.41) is 12.1. The first-order valence-corrected chi connectivity index (χ1v) is 8.59. The molecule has 0 aliphatic rings. The van der Waals surface area contributed by atoms with Crippen LogP contribution in [0.2, 0.25) is 0 Å². The molecule has 5 heteroatoms. The monoisotopic (exact) mass is 355 g/mol. The van der Waals surface area contributed by atoms with Gasteiger partial charge in [-0.15, -0.1) is 0 Å². The van der Waals surface area contributed by atoms with Crippen molar-refractivity contribution in [3.8, 4) is 0 Å². The molecule has 0 saturated heterocycles. The molecule has 0 bridgehead atoms. The molecule has 0 aliphatic heterocycles. The van der Waals surface area contributed by atoms with Crippen LogP contribution in [-0.2, 0) is 4.74 Å². The van der Waals surface area contributed by atoms with Crippen LogP contribution in [0.25, 0.3) is 0 Å². The summed E-state index contributed by atoms with van der Waals surface area (Å²) in [6.45, 7) is 10.1. The highest BCUT2D eigenvalue weighted by Crippen LogP contribution is 2.24. The van der Waals surface area contributed by atoms with Gasteiger partial charge in [0.05, 0.1) is 5.56 Å². The summed E-state index contributed by atoms with van der Waals surface area (Å²) in [7, 11) is 0. The molecule has 0 aromatic heterocycles. The number of nitrogens with one attached hydrogen (secondary N) is 1. The summed E-state index contributed by atoms with van der Waals surface area (Å²) in [5.74, 6) is -1.12. The minimum Gasteiger partial charge on any atom is -0.478 e. The fraction of sp³-hybridized carbons (Fsp3) is 0.333. The van der Waals surface area contributed by atoms with Gasteiger partial charge >= 0.3 is 5.97 Å². The molecule has 1 unspecified atom stereocenters. The normalized spacial score (nSPS) is 11.9. The molecule has 2 N–H and O–H groups in total. The summed E-state index contributed by atoms with van der Waals surface area (Å²) in [6.07, 6.45) is -0.839. The number of anilines is 1. The highest BCUT2D eigenvalue weighted by molar-refractivity contribution is 6.03. The van der Waals surface area contributed by atoms with E-state index in [9.17, 15) is 9.59 Å². The Labute approximate surface area is 154 Å². The lowest BCUT2D eigenvalue weighted by Crippen LogP contribution is -2.33. The predicted molar refractivity (Wildman–Crippen MR) is 102 cm³/mol. The number of hydrogen-bond acceptors (Lipinski definition) is 4. The summed E-state index contributed by atoms with van der Waals surface area (Å²) >= 11 is 0. The lowest BCUT2D eigenvalue weighted by Gasteiger charge is -2.22. The second-order valence-electron chi connectivity index (χ2n) is 6.36. The molecule has 2 aromatic rings. The van der Waals surface area contributed by atoms with Crippen molar-refractivity contribution in [2.75, 3.05) is 11.9 Å². The molecule has 0 amide bonds. The molecule has 5 nitrogen and oxygen atoms in total. The summed E-state index contributed by atoms with van der Waals surface area (Å²) in [6, 6.07) is 8.32. The van der Waals surface area contributed by atoms with Gasteiger partial charge in [0.2, 0.25) is 5.78 Å². The summed E-state index contributed by atoms with van der Waals surface area (Å²) in [4.78, 5) is 24.1. The zero-order chi connectivity index (χ0) is 19.4. The molecule has 0 aliphatic carbocycles. The zero-order valence-electron chi connectivity index (χ0n) is 15.8. The van der Waals surface area contributed by atoms with Crippen LogP contribution in [0.15, 0.2) is 30.3 Å². The highest BCUT2D eigenvalue weighted by Gasteiger charge is 2.25. The fourth-order valence-electron chi connectivity index (χ4n) is 2.93. The number of ether oxygens (including phenoxy) is 1. The van der Waals surface area contributed by atoms with E-state index in [0.29, 0.717) is 17.9 Å². The molecular weight excluding hydrogens is 330 g/mol. The number of ketones is 1. The van der Waals surface area contributed by atoms with Crippen molar-refractivity contribution in [3.05, 3.63) is 63.7 Å². The maximum Gasteiger partial charge on any atom is 0.335 e. The number of carbonyl (C=O) groups is 2. The van der Waals surface area contributed by atoms with Crippen LogP contribution in [0, 0.1) is 27.7 Å². The van der Waals surface area contributed by atoms with Gasteiger partial charge < -0.3 is 15.2 Å². The standard InChI is InChI=1S/C21H25NO4/c1-6-26-20(22-17-9-7-16(8-10-17)21(24)25)19(23)18-14(4)12(2)11-13(3)15(18)5/h7-11,20,22H,6H2,1-5H3,(H,24,25). The maximum atomic E-state index is 13.2. The molecule has 26 heavy (non-hydrogen) atoms. The van der Waals surface area contributed by atoms with E-state index in [-0.39, 0.29) is 11.3 Å². The van der Waals surface area contributed by atoms with Crippen molar-refractivity contribution in [2.24, 2.45) is 0 Å². The maximum absolute atomic E-state index is 13.2. The molecular formula is C21H25NO4. The first-order valence-electron chi connectivity index (χ1n) is 8.59. The number of aryl methyl sites for hydroxylation is 2. The van der Waals surface area contributed by atoms with Crippen molar-refractivity contribution >= 4 is 17.4 Å². The van der Waals surface area contributed by atoms with Crippen LogP contribution in [0.4, 0.5) is 5.69 Å². The first-order chi connectivity index (χ1) is 12.3. The number of hydrogen-bond donors (Lipinski definition) is 2. The number of Topliss-reactive ketones (excluding diaryl/α,β-unsaturated/α-hetero) is 1. The third-order valence-corrected chi connectivity index (χ3v) is 4.61. The smallest absolute Gasteiger partial charge is 0.335 e. The lowest BCUT2D eigenvalue weighted by molar-refractivity contribution is 0.0548. The average Bonchev–Trinajstić information content (AvgIpc) is 2.60. The second-order valence-corrected chi connectivity index (χ2v) is 6.36. The summed E-state index contributed by atoms with van der Waals surface area (Å²) in [5.41, 5.74) is 5.53. The number of carbonyl (C=O) groups excluding carboxylic acids is 1. The van der Waals surface area contributed by atoms with E-state index in [1.807, 2.05) is 34.6 Å². The van der Waals surface area contributed by atoms with Gasteiger partial charge in [0, 0.05) is 17.9 Å². The Hall–Kier alpha value is -2.66. The number of carboxylic acids is 1. The van der Waals surface area contributed by atoms with Crippen molar-refractivity contribution < 1.29 is 19.4 Å². The van der Waals surface area contributed by atoms with E-state index in [1.54, 1.807) is 12.1 Å². The minimum absolute atomic E-state index is 0.129. The van der Waals surface area contributed by atoms with Gasteiger partial charge in [-0.05, 0) is 81.1 Å². The van der Waals surface area contributed by atoms with Crippen LogP contribution in [0.1, 0.15) is 49.9 Å². The largest absolute Gasteiger partial charge is 0.478 e. The van der Waals surface area contributed by atoms with Crippen LogP contribution in [0.5, 0.6) is 0 Å². The van der Waals surface area contributed by atoms with Gasteiger partial charge in [-0.2, -0.15) is 0 Å². The molecule has 0 fully saturated rings. The van der Waals surface area contributed by atoms with Gasteiger partial charge in [0.15, 0.2) is 6.23 Å². The Morgan fingerprint density at radius 1 is 1.04 bits per heavy atom. The van der Waals surface area contributed by atoms with Crippen LogP contribution < -0.4 is 5.32 Å². The second kappa shape index (κ2) is 8.15. The Morgan fingerprint density at radius 3 is 2.04 bits per heavy atom. The van der Waals surface area contributed by atoms with E-state index < -0.39 is 12.2 Å². The van der Waals surface area contributed by atoms with Crippen molar-refractivity contribution in [1.29, 1.82) is 0 Å². The Balaban J connectivity index is 2.35. The van der Waals surface area contributed by atoms with Gasteiger partial charge in [0.1, 0.15) is 0 Å². The Bertz CT molecular complexity index is 799. The zero-order valence-corrected chi connectivity index (χ0v) is 15.8. The highest BCUT2D eigenvalue weighted by atomic mass is 16.5. The quantitative estimate of drug-likeness (QED) is 0.573. The molecule has 2 aromatic carbocycles. The number of benzene rings is 2. The van der Waals surface area contributed by atoms with Crippen LogP contribution in [0.3, 0.4) is 0 Å². The van der Waals surface area contributed by atoms with E-state index in [1.165, 1.54) is 12.1 Å². The Kier molecular flexibility index (Phi) is 6.16. The Morgan fingerprint density at radius 2 is 1.58 bits per heavy atom. The third kappa shape index (κ3) is 4.11. The predicted octanol–water partition coefficient (Wildman–Crippen LogP) is 4.28. The van der Waals surface area contributed by atoms with E-state index in [0.717, 1.165) is 22.3 Å². The van der Waals surface area contributed by atoms with Crippen LogP contribution >= 0.6 is 0 Å². The molecule has 0 heterocycles. The van der Waals surface area contributed by atoms with Gasteiger partial charge in [0.25, 0.3) is 0 Å². The molecule has 2 rings (SSSR count). The third-order valence-electron chi connectivity index (χ3n) is 4.61. The van der Waals surface area contributed by atoms with Gasteiger partial charge in [-0.1, -0.05) is 6.07 Å². The minimum atomic E-state index is -0.990. The van der Waals surface area contributed by atoms with Crippen molar-refractivity contribution in [3.63, 3.8) is 0 Å². The topological polar surface area (TPSA) is 75.6 Å². The molecule has 0 radical (unpaired) electrons. The molecule has 1 atom stereocenters. The number of aromatic carboxylic acids is 1. The summed E-state index contributed by atoms with van der Waals surface area (Å²) < 4.78 is 5.65. The van der Waals surface area contributed by atoms with Gasteiger partial charge in [-0.25, -0.2) is 4.79 Å². The molecule has 0 saturated carbocycles. The van der Waals surface area contributed by atoms with E-state index in [4.69, 9.17) is 9.84 Å². The van der Waals surface area contributed by atoms with E-state index >= 15 is 0 Å². The molecule has 0 spiro atoms. The SMILES string of the molecule is CCOC(Nc1ccc(C(=O)O)cc1)C(=O)c1c(C)c(C)cc(C)c1C. The lowest BCUT2D eigenvalue weighted by atomic mass is 9.91.